The van der Waals surface area contributed by atoms with E-state index in [0.29, 0.717) is 0 Å². The summed E-state index contributed by atoms with van der Waals surface area (Å²) in [5.74, 6) is 0. The molecule has 2 N–H and O–H groups in total. The quantitative estimate of drug-likeness (QED) is 0.936. The zero-order valence-electron chi connectivity index (χ0n) is 10.6. The molecule has 1 unspecified atom stereocenters. The molecule has 0 aliphatic rings. The number of aryl methyl sites for hydroxylation is 2. The highest BCUT2D eigenvalue weighted by Gasteiger charge is 2.09. The Kier molecular flexibility index (Phi) is 4.14. The molecule has 1 heterocycles. The molecule has 3 nitrogen and oxygen atoms in total. The normalized spacial score (nSPS) is 12.7. The zero-order chi connectivity index (χ0) is 13.3. The molecule has 0 aliphatic heterocycles. The van der Waals surface area contributed by atoms with E-state index in [9.17, 15) is 0 Å². The fourth-order valence-corrected chi connectivity index (χ4v) is 3.24. The molecule has 1 atom stereocenters. The molecule has 2 rings (SSSR count). The zero-order valence-corrected chi connectivity index (χ0v) is 13.0. The van der Waals surface area contributed by atoms with E-state index in [-0.39, 0.29) is 6.04 Å². The van der Waals surface area contributed by atoms with Crippen LogP contribution in [0.1, 0.15) is 24.2 Å². The van der Waals surface area contributed by atoms with Gasteiger partial charge < -0.3 is 5.73 Å². The average molecular weight is 326 g/mol. The molecule has 0 aliphatic carbocycles. The van der Waals surface area contributed by atoms with Crippen LogP contribution in [0.5, 0.6) is 0 Å². The molecule has 1 aromatic heterocycles. The molecular weight excluding hydrogens is 310 g/mol. The molecule has 2 aromatic rings. The third-order valence-corrected chi connectivity index (χ3v) is 4.74. The van der Waals surface area contributed by atoms with Crippen LogP contribution in [0.3, 0.4) is 0 Å². The molecule has 0 amide bonds. The van der Waals surface area contributed by atoms with Crippen molar-refractivity contribution >= 4 is 27.7 Å². The van der Waals surface area contributed by atoms with Crippen molar-refractivity contribution in [2.24, 2.45) is 12.8 Å². The van der Waals surface area contributed by atoms with Gasteiger partial charge in [0.2, 0.25) is 0 Å². The minimum Gasteiger partial charge on any atom is -0.324 e. The Morgan fingerprint density at radius 3 is 2.61 bits per heavy atom. The molecule has 1 aromatic carbocycles. The maximum Gasteiger partial charge on any atom is 0.0987 e. The predicted octanol–water partition coefficient (Wildman–Crippen LogP) is 3.66. The second-order valence-corrected chi connectivity index (χ2v) is 6.24. The number of hydrogen-bond donors (Lipinski definition) is 1. The summed E-state index contributed by atoms with van der Waals surface area (Å²) in [6.07, 6.45) is 0. The minimum atomic E-state index is 0.0549. The average Bonchev–Trinajstić information content (AvgIpc) is 2.60. The van der Waals surface area contributed by atoms with Crippen LogP contribution in [0.25, 0.3) is 0 Å². The van der Waals surface area contributed by atoms with Gasteiger partial charge in [0.05, 0.1) is 10.7 Å². The van der Waals surface area contributed by atoms with E-state index in [1.807, 2.05) is 25.6 Å². The van der Waals surface area contributed by atoms with Gasteiger partial charge in [0.25, 0.3) is 0 Å². The lowest BCUT2D eigenvalue weighted by molar-refractivity contribution is 0.692. The SMILES string of the molecule is Cc1cc(Sc2ccc(C(C)N)cc2Br)n(C)n1. The Morgan fingerprint density at radius 2 is 2.11 bits per heavy atom. The summed E-state index contributed by atoms with van der Waals surface area (Å²) in [6, 6.07) is 8.38. The standard InChI is InChI=1S/C13H16BrN3S/c1-8-6-13(17(3)16-8)18-12-5-4-10(9(2)15)7-11(12)14/h4-7,9H,15H2,1-3H3. The summed E-state index contributed by atoms with van der Waals surface area (Å²) < 4.78 is 2.97. The first-order chi connectivity index (χ1) is 8.47. The molecule has 0 radical (unpaired) electrons. The van der Waals surface area contributed by atoms with Gasteiger partial charge in [-0.3, -0.25) is 4.68 Å². The lowest BCUT2D eigenvalue weighted by Gasteiger charge is -2.09. The van der Waals surface area contributed by atoms with Crippen LogP contribution in [0, 0.1) is 6.92 Å². The third kappa shape index (κ3) is 2.96. The van der Waals surface area contributed by atoms with Crippen molar-refractivity contribution in [1.82, 2.24) is 9.78 Å². The highest BCUT2D eigenvalue weighted by Crippen LogP contribution is 2.34. The number of halogens is 1. The molecule has 0 spiro atoms. The van der Waals surface area contributed by atoms with E-state index in [1.54, 1.807) is 11.8 Å². The smallest absolute Gasteiger partial charge is 0.0987 e. The number of aromatic nitrogens is 2. The summed E-state index contributed by atoms with van der Waals surface area (Å²) in [4.78, 5) is 1.17. The molecule has 0 bridgehead atoms. The summed E-state index contributed by atoms with van der Waals surface area (Å²) in [5, 5.41) is 5.47. The van der Waals surface area contributed by atoms with Gasteiger partial charge in [0.1, 0.15) is 0 Å². The monoisotopic (exact) mass is 325 g/mol. The van der Waals surface area contributed by atoms with Gasteiger partial charge in [0.15, 0.2) is 0 Å². The first-order valence-electron chi connectivity index (χ1n) is 5.71. The minimum absolute atomic E-state index is 0.0549. The van der Waals surface area contributed by atoms with Crippen molar-refractivity contribution < 1.29 is 0 Å². The van der Waals surface area contributed by atoms with E-state index in [2.05, 4.69) is 45.3 Å². The largest absolute Gasteiger partial charge is 0.324 e. The van der Waals surface area contributed by atoms with Gasteiger partial charge in [-0.2, -0.15) is 5.10 Å². The Bertz CT molecular complexity index is 563. The maximum atomic E-state index is 5.87. The number of nitrogens with zero attached hydrogens (tertiary/aromatic N) is 2. The van der Waals surface area contributed by atoms with Crippen LogP contribution >= 0.6 is 27.7 Å². The van der Waals surface area contributed by atoms with E-state index in [0.717, 1.165) is 20.8 Å². The van der Waals surface area contributed by atoms with E-state index >= 15 is 0 Å². The summed E-state index contributed by atoms with van der Waals surface area (Å²) in [6.45, 7) is 3.98. The number of hydrogen-bond acceptors (Lipinski definition) is 3. The lowest BCUT2D eigenvalue weighted by atomic mass is 10.1. The Balaban J connectivity index is 2.27. The highest BCUT2D eigenvalue weighted by atomic mass is 79.9. The molecule has 0 saturated heterocycles. The van der Waals surface area contributed by atoms with Crippen LogP contribution in [-0.4, -0.2) is 9.78 Å². The van der Waals surface area contributed by atoms with Gasteiger partial charge in [-0.25, -0.2) is 0 Å². The van der Waals surface area contributed by atoms with Gasteiger partial charge >= 0.3 is 0 Å². The Labute approximate surface area is 120 Å². The third-order valence-electron chi connectivity index (χ3n) is 2.66. The van der Waals surface area contributed by atoms with Crippen molar-refractivity contribution in [2.75, 3.05) is 0 Å². The molecule has 0 saturated carbocycles. The number of rotatable bonds is 3. The van der Waals surface area contributed by atoms with Crippen LogP contribution in [0.2, 0.25) is 0 Å². The molecule has 18 heavy (non-hydrogen) atoms. The van der Waals surface area contributed by atoms with Crippen LogP contribution < -0.4 is 5.73 Å². The molecular formula is C13H16BrN3S. The van der Waals surface area contributed by atoms with Gasteiger partial charge in [0, 0.05) is 22.5 Å². The van der Waals surface area contributed by atoms with Crippen LogP contribution in [-0.2, 0) is 7.05 Å². The highest BCUT2D eigenvalue weighted by molar-refractivity contribution is 9.10. The fourth-order valence-electron chi connectivity index (χ4n) is 1.68. The van der Waals surface area contributed by atoms with Crippen LogP contribution in [0.15, 0.2) is 38.7 Å². The van der Waals surface area contributed by atoms with E-state index in [1.165, 1.54) is 4.90 Å². The Hall–Kier alpha value is -0.780. The maximum absolute atomic E-state index is 5.87. The summed E-state index contributed by atoms with van der Waals surface area (Å²) in [5.41, 5.74) is 8.03. The first kappa shape index (κ1) is 13.6. The topological polar surface area (TPSA) is 43.8 Å². The van der Waals surface area contributed by atoms with Gasteiger partial charge in [-0.1, -0.05) is 17.8 Å². The van der Waals surface area contributed by atoms with Crippen LogP contribution in [0.4, 0.5) is 0 Å². The van der Waals surface area contributed by atoms with Gasteiger partial charge in [-0.05, 0) is 53.5 Å². The number of nitrogens with two attached hydrogens (primary N) is 1. The Morgan fingerprint density at radius 1 is 1.39 bits per heavy atom. The van der Waals surface area contributed by atoms with Crippen molar-refractivity contribution in [2.45, 2.75) is 29.8 Å². The fraction of sp³-hybridized carbons (Fsp3) is 0.308. The molecule has 0 fully saturated rings. The predicted molar refractivity (Wildman–Crippen MR) is 78.8 cm³/mol. The van der Waals surface area contributed by atoms with Crippen molar-refractivity contribution in [1.29, 1.82) is 0 Å². The van der Waals surface area contributed by atoms with E-state index < -0.39 is 0 Å². The van der Waals surface area contributed by atoms with Crippen molar-refractivity contribution in [3.63, 3.8) is 0 Å². The second-order valence-electron chi connectivity index (χ2n) is 4.33. The van der Waals surface area contributed by atoms with Crippen molar-refractivity contribution in [3.8, 4) is 0 Å². The van der Waals surface area contributed by atoms with Gasteiger partial charge in [-0.15, -0.1) is 0 Å². The van der Waals surface area contributed by atoms with E-state index in [4.69, 9.17) is 5.73 Å². The molecule has 5 heteroatoms. The van der Waals surface area contributed by atoms with Crippen molar-refractivity contribution in [3.05, 3.63) is 40.0 Å². The summed E-state index contributed by atoms with van der Waals surface area (Å²) >= 11 is 5.29. The lowest BCUT2D eigenvalue weighted by Crippen LogP contribution is -2.04. The molecule has 96 valence electrons. The first-order valence-corrected chi connectivity index (χ1v) is 7.32. The number of benzene rings is 1. The second kappa shape index (κ2) is 5.47. The summed E-state index contributed by atoms with van der Waals surface area (Å²) in [7, 11) is 1.96.